The number of nitrogens with one attached hydrogen (secondary N) is 2. The Hall–Kier alpha value is -3.11. The second-order valence-corrected chi connectivity index (χ2v) is 6.74. The molecule has 2 N–H and O–H groups in total. The molecule has 0 saturated heterocycles. The smallest absolute Gasteiger partial charge is 0.255 e. The van der Waals surface area contributed by atoms with Crippen LogP contribution in [-0.4, -0.2) is 11.8 Å². The number of benzene rings is 3. The molecule has 0 aliphatic heterocycles. The van der Waals surface area contributed by atoms with Crippen LogP contribution in [0.2, 0.25) is 5.02 Å². The molecule has 27 heavy (non-hydrogen) atoms. The van der Waals surface area contributed by atoms with Gasteiger partial charge in [0.05, 0.1) is 10.7 Å². The molecule has 0 aliphatic rings. The lowest BCUT2D eigenvalue weighted by Gasteiger charge is -2.11. The largest absolute Gasteiger partial charge is 0.322 e. The molecule has 0 unspecified atom stereocenters. The van der Waals surface area contributed by atoms with Crippen LogP contribution in [-0.2, 0) is 0 Å². The third kappa shape index (κ3) is 4.74. The Balaban J connectivity index is 1.75. The van der Waals surface area contributed by atoms with Crippen molar-refractivity contribution in [1.82, 2.24) is 0 Å². The zero-order valence-corrected chi connectivity index (χ0v) is 15.8. The number of aryl methyl sites for hydroxylation is 2. The molecule has 0 atom stereocenters. The lowest BCUT2D eigenvalue weighted by molar-refractivity contribution is 0.101. The number of amides is 2. The lowest BCUT2D eigenvalue weighted by Crippen LogP contribution is -2.14. The Morgan fingerprint density at radius 2 is 1.19 bits per heavy atom. The molecule has 4 nitrogen and oxygen atoms in total. The standard InChI is InChI=1S/C22H19ClN2O2/c1-14-3-7-16(8-4-14)21(26)24-18-11-12-19(23)20(13-18)25-22(27)17-9-5-15(2)6-10-17/h3-13H,1-2H3,(H,24,26)(H,25,27). The van der Waals surface area contributed by atoms with Crippen LogP contribution < -0.4 is 10.6 Å². The van der Waals surface area contributed by atoms with Gasteiger partial charge in [0.15, 0.2) is 0 Å². The average molecular weight is 379 g/mol. The van der Waals surface area contributed by atoms with Crippen LogP contribution >= 0.6 is 11.6 Å². The second-order valence-electron chi connectivity index (χ2n) is 6.33. The minimum Gasteiger partial charge on any atom is -0.322 e. The summed E-state index contributed by atoms with van der Waals surface area (Å²) >= 11 is 6.20. The summed E-state index contributed by atoms with van der Waals surface area (Å²) in [4.78, 5) is 24.8. The van der Waals surface area contributed by atoms with Crippen molar-refractivity contribution in [3.63, 3.8) is 0 Å². The predicted octanol–water partition coefficient (Wildman–Crippen LogP) is 5.46. The number of hydrogen-bond donors (Lipinski definition) is 2. The average Bonchev–Trinajstić information content (AvgIpc) is 2.65. The summed E-state index contributed by atoms with van der Waals surface area (Å²) in [6.45, 7) is 3.92. The third-order valence-corrected chi connectivity index (χ3v) is 4.43. The SMILES string of the molecule is Cc1ccc(C(=O)Nc2ccc(Cl)c(NC(=O)c3ccc(C)cc3)c2)cc1. The molecular formula is C22H19ClN2O2. The third-order valence-electron chi connectivity index (χ3n) is 4.10. The van der Waals surface area contributed by atoms with Gasteiger partial charge >= 0.3 is 0 Å². The van der Waals surface area contributed by atoms with Crippen molar-refractivity contribution in [2.24, 2.45) is 0 Å². The van der Waals surface area contributed by atoms with Crippen molar-refractivity contribution < 1.29 is 9.59 Å². The maximum atomic E-state index is 12.4. The predicted molar refractivity (Wildman–Crippen MR) is 110 cm³/mol. The summed E-state index contributed by atoms with van der Waals surface area (Å²) in [5.41, 5.74) is 4.23. The van der Waals surface area contributed by atoms with Gasteiger partial charge in [0.2, 0.25) is 0 Å². The first-order valence-corrected chi connectivity index (χ1v) is 8.86. The Bertz CT molecular complexity index is 980. The van der Waals surface area contributed by atoms with Crippen LogP contribution in [0.25, 0.3) is 0 Å². The summed E-state index contributed by atoms with van der Waals surface area (Å²) in [6, 6.07) is 19.5. The van der Waals surface area contributed by atoms with Crippen LogP contribution in [0, 0.1) is 13.8 Å². The summed E-state index contributed by atoms with van der Waals surface area (Å²) in [5, 5.41) is 5.99. The van der Waals surface area contributed by atoms with Gasteiger partial charge in [-0.05, 0) is 56.3 Å². The number of rotatable bonds is 4. The number of halogens is 1. The van der Waals surface area contributed by atoms with E-state index in [-0.39, 0.29) is 11.8 Å². The van der Waals surface area contributed by atoms with Crippen molar-refractivity contribution in [1.29, 1.82) is 0 Å². The van der Waals surface area contributed by atoms with E-state index in [0.717, 1.165) is 11.1 Å². The van der Waals surface area contributed by atoms with Gasteiger partial charge in [0.25, 0.3) is 11.8 Å². The number of carbonyl (C=O) groups excluding carboxylic acids is 2. The van der Waals surface area contributed by atoms with Crippen molar-refractivity contribution >= 4 is 34.8 Å². The molecule has 0 heterocycles. The molecule has 0 spiro atoms. The van der Waals surface area contributed by atoms with Gasteiger partial charge in [-0.1, -0.05) is 47.0 Å². The molecule has 0 radical (unpaired) electrons. The van der Waals surface area contributed by atoms with Crippen LogP contribution in [0.3, 0.4) is 0 Å². The summed E-state index contributed by atoms with van der Waals surface area (Å²) in [5.74, 6) is -0.493. The van der Waals surface area contributed by atoms with E-state index < -0.39 is 0 Å². The molecule has 3 aromatic rings. The Morgan fingerprint density at radius 1 is 0.704 bits per heavy atom. The first kappa shape index (κ1) is 18.7. The highest BCUT2D eigenvalue weighted by atomic mass is 35.5. The lowest BCUT2D eigenvalue weighted by atomic mass is 10.1. The zero-order chi connectivity index (χ0) is 19.4. The van der Waals surface area contributed by atoms with E-state index in [2.05, 4.69) is 10.6 Å². The van der Waals surface area contributed by atoms with Gasteiger partial charge in [0.1, 0.15) is 0 Å². The molecule has 3 aromatic carbocycles. The number of carbonyl (C=O) groups is 2. The first-order chi connectivity index (χ1) is 12.9. The van der Waals surface area contributed by atoms with E-state index in [4.69, 9.17) is 11.6 Å². The van der Waals surface area contributed by atoms with Crippen molar-refractivity contribution in [3.8, 4) is 0 Å². The van der Waals surface area contributed by atoms with Gasteiger partial charge in [-0.15, -0.1) is 0 Å². The van der Waals surface area contributed by atoms with E-state index in [0.29, 0.717) is 27.5 Å². The second kappa shape index (κ2) is 8.06. The maximum absolute atomic E-state index is 12.4. The first-order valence-electron chi connectivity index (χ1n) is 8.48. The Kier molecular flexibility index (Phi) is 5.57. The normalized spacial score (nSPS) is 10.3. The number of anilines is 2. The fourth-order valence-corrected chi connectivity index (χ4v) is 2.67. The topological polar surface area (TPSA) is 58.2 Å². The van der Waals surface area contributed by atoms with Crippen molar-refractivity contribution in [2.45, 2.75) is 13.8 Å². The molecule has 0 bridgehead atoms. The minimum absolute atomic E-state index is 0.229. The zero-order valence-electron chi connectivity index (χ0n) is 15.0. The van der Waals surface area contributed by atoms with E-state index in [1.165, 1.54) is 0 Å². The highest BCUT2D eigenvalue weighted by Gasteiger charge is 2.11. The highest BCUT2D eigenvalue weighted by Crippen LogP contribution is 2.26. The quantitative estimate of drug-likeness (QED) is 0.633. The molecule has 3 rings (SSSR count). The summed E-state index contributed by atoms with van der Waals surface area (Å²) in [6.07, 6.45) is 0. The van der Waals surface area contributed by atoms with Crippen LogP contribution in [0.15, 0.2) is 66.7 Å². The van der Waals surface area contributed by atoms with Gasteiger partial charge in [-0.2, -0.15) is 0 Å². The van der Waals surface area contributed by atoms with E-state index in [9.17, 15) is 9.59 Å². The molecule has 5 heteroatoms. The van der Waals surface area contributed by atoms with Gasteiger partial charge in [0, 0.05) is 16.8 Å². The molecule has 0 aromatic heterocycles. The monoisotopic (exact) mass is 378 g/mol. The van der Waals surface area contributed by atoms with E-state index in [1.54, 1.807) is 42.5 Å². The van der Waals surface area contributed by atoms with Crippen LogP contribution in [0.1, 0.15) is 31.8 Å². The van der Waals surface area contributed by atoms with Gasteiger partial charge < -0.3 is 10.6 Å². The summed E-state index contributed by atoms with van der Waals surface area (Å²) in [7, 11) is 0. The maximum Gasteiger partial charge on any atom is 0.255 e. The molecular weight excluding hydrogens is 360 g/mol. The van der Waals surface area contributed by atoms with Crippen LogP contribution in [0.4, 0.5) is 11.4 Å². The van der Waals surface area contributed by atoms with Crippen molar-refractivity contribution in [2.75, 3.05) is 10.6 Å². The molecule has 0 aliphatic carbocycles. The summed E-state index contributed by atoms with van der Waals surface area (Å²) < 4.78 is 0. The van der Waals surface area contributed by atoms with E-state index in [1.807, 2.05) is 38.1 Å². The van der Waals surface area contributed by atoms with Crippen molar-refractivity contribution in [3.05, 3.63) is 94.0 Å². The Morgan fingerprint density at radius 3 is 1.70 bits per heavy atom. The van der Waals surface area contributed by atoms with Crippen LogP contribution in [0.5, 0.6) is 0 Å². The van der Waals surface area contributed by atoms with E-state index >= 15 is 0 Å². The molecule has 136 valence electrons. The van der Waals surface area contributed by atoms with Gasteiger partial charge in [-0.25, -0.2) is 0 Å². The molecule has 0 saturated carbocycles. The molecule has 2 amide bonds. The van der Waals surface area contributed by atoms with Gasteiger partial charge in [-0.3, -0.25) is 9.59 Å². The fourth-order valence-electron chi connectivity index (χ4n) is 2.51. The highest BCUT2D eigenvalue weighted by molar-refractivity contribution is 6.34. The minimum atomic E-state index is -0.265. The Labute approximate surface area is 163 Å². The number of hydrogen-bond acceptors (Lipinski definition) is 2. The molecule has 0 fully saturated rings. The fraction of sp³-hybridized carbons (Fsp3) is 0.0909.